The summed E-state index contributed by atoms with van der Waals surface area (Å²) in [5.74, 6) is -0.591. The molecule has 0 aliphatic carbocycles. The van der Waals surface area contributed by atoms with Crippen LogP contribution in [0.15, 0.2) is 54.6 Å². The molecule has 0 radical (unpaired) electrons. The highest BCUT2D eigenvalue weighted by molar-refractivity contribution is 5.94. The quantitative estimate of drug-likeness (QED) is 0.722. The highest BCUT2D eigenvalue weighted by Gasteiger charge is 2.30. The van der Waals surface area contributed by atoms with Crippen molar-refractivity contribution in [2.24, 2.45) is 0 Å². The zero-order valence-electron chi connectivity index (χ0n) is 14.6. The highest BCUT2D eigenvalue weighted by Crippen LogP contribution is 2.14. The lowest BCUT2D eigenvalue weighted by molar-refractivity contribution is -0.138. The van der Waals surface area contributed by atoms with Crippen LogP contribution in [-0.4, -0.2) is 29.1 Å². The van der Waals surface area contributed by atoms with E-state index >= 15 is 0 Å². The molecule has 5 heteroatoms. The fourth-order valence-corrected chi connectivity index (χ4v) is 2.53. The molecule has 0 aliphatic rings. The standard InChI is InChI=1S/C20H24N2O3/c1-3-21-18(23)17-11-7-10-16(12-17)14-22-19(24)20(2,25)13-15-8-5-4-6-9-15/h4-12,25H,3,13-14H2,1-2H3,(H,21,23)(H,22,24)/t20-/m0/s1. The molecule has 0 spiro atoms. The summed E-state index contributed by atoms with van der Waals surface area (Å²) in [5.41, 5.74) is 0.733. The van der Waals surface area contributed by atoms with E-state index in [2.05, 4.69) is 10.6 Å². The van der Waals surface area contributed by atoms with Crippen LogP contribution >= 0.6 is 0 Å². The van der Waals surface area contributed by atoms with Gasteiger partial charge in [-0.3, -0.25) is 9.59 Å². The molecule has 2 aromatic carbocycles. The first kappa shape index (κ1) is 18.7. The second kappa shape index (κ2) is 8.44. The number of hydrogen-bond acceptors (Lipinski definition) is 3. The van der Waals surface area contributed by atoms with Crippen LogP contribution in [0.4, 0.5) is 0 Å². The summed E-state index contributed by atoms with van der Waals surface area (Å²) in [7, 11) is 0. The molecule has 25 heavy (non-hydrogen) atoms. The molecule has 3 N–H and O–H groups in total. The number of carbonyl (C=O) groups excluding carboxylic acids is 2. The number of carbonyl (C=O) groups is 2. The van der Waals surface area contributed by atoms with Crippen molar-refractivity contribution in [1.29, 1.82) is 0 Å². The Hall–Kier alpha value is -2.66. The highest BCUT2D eigenvalue weighted by atomic mass is 16.3. The van der Waals surface area contributed by atoms with Crippen LogP contribution in [0, 0.1) is 0 Å². The van der Waals surface area contributed by atoms with Crippen molar-refractivity contribution in [3.63, 3.8) is 0 Å². The van der Waals surface area contributed by atoms with Gasteiger partial charge in [0, 0.05) is 25.1 Å². The number of nitrogens with one attached hydrogen (secondary N) is 2. The third-order valence-electron chi connectivity index (χ3n) is 3.86. The summed E-state index contributed by atoms with van der Waals surface area (Å²) in [6.45, 7) is 4.16. The molecule has 0 bridgehead atoms. The van der Waals surface area contributed by atoms with Crippen molar-refractivity contribution in [3.8, 4) is 0 Å². The maximum atomic E-state index is 12.3. The van der Waals surface area contributed by atoms with E-state index in [1.165, 1.54) is 6.92 Å². The summed E-state index contributed by atoms with van der Waals surface area (Å²) in [5, 5.41) is 15.9. The minimum absolute atomic E-state index is 0.147. The van der Waals surface area contributed by atoms with Gasteiger partial charge < -0.3 is 15.7 Å². The molecule has 2 aromatic rings. The Morgan fingerprint density at radius 3 is 2.36 bits per heavy atom. The van der Waals surface area contributed by atoms with Crippen molar-refractivity contribution in [2.45, 2.75) is 32.4 Å². The van der Waals surface area contributed by atoms with Crippen LogP contribution in [0.5, 0.6) is 0 Å². The molecule has 0 aliphatic heterocycles. The Labute approximate surface area is 148 Å². The van der Waals surface area contributed by atoms with Crippen LogP contribution in [0.25, 0.3) is 0 Å². The molecular weight excluding hydrogens is 316 g/mol. The van der Waals surface area contributed by atoms with Crippen LogP contribution in [0.2, 0.25) is 0 Å². The Morgan fingerprint density at radius 1 is 1.00 bits per heavy atom. The zero-order valence-corrected chi connectivity index (χ0v) is 14.6. The molecule has 2 rings (SSSR count). The summed E-state index contributed by atoms with van der Waals surface area (Å²) in [6, 6.07) is 16.4. The Bertz CT molecular complexity index is 727. The van der Waals surface area contributed by atoms with E-state index in [1.54, 1.807) is 18.2 Å². The monoisotopic (exact) mass is 340 g/mol. The van der Waals surface area contributed by atoms with Crippen molar-refractivity contribution < 1.29 is 14.7 Å². The molecule has 0 unspecified atom stereocenters. The number of hydrogen-bond donors (Lipinski definition) is 3. The van der Waals surface area contributed by atoms with E-state index in [9.17, 15) is 14.7 Å². The summed E-state index contributed by atoms with van der Waals surface area (Å²) >= 11 is 0. The molecule has 1 atom stereocenters. The second-order valence-electron chi connectivity index (χ2n) is 6.18. The van der Waals surface area contributed by atoms with Crippen molar-refractivity contribution in [3.05, 3.63) is 71.3 Å². The van der Waals surface area contributed by atoms with Gasteiger partial charge in [0.15, 0.2) is 0 Å². The van der Waals surface area contributed by atoms with Crippen molar-refractivity contribution in [1.82, 2.24) is 10.6 Å². The SMILES string of the molecule is CCNC(=O)c1cccc(CNC(=O)[C@@](C)(O)Cc2ccccc2)c1. The van der Waals surface area contributed by atoms with Crippen LogP contribution in [-0.2, 0) is 17.8 Å². The zero-order chi connectivity index (χ0) is 18.3. The van der Waals surface area contributed by atoms with Gasteiger partial charge in [-0.2, -0.15) is 0 Å². The molecule has 0 aromatic heterocycles. The minimum atomic E-state index is -1.50. The smallest absolute Gasteiger partial charge is 0.252 e. The van der Waals surface area contributed by atoms with Gasteiger partial charge in [0.25, 0.3) is 11.8 Å². The van der Waals surface area contributed by atoms with E-state index in [-0.39, 0.29) is 18.9 Å². The lowest BCUT2D eigenvalue weighted by atomic mass is 9.95. The normalized spacial score (nSPS) is 12.9. The van der Waals surface area contributed by atoms with Gasteiger partial charge in [-0.25, -0.2) is 0 Å². The van der Waals surface area contributed by atoms with E-state index in [0.29, 0.717) is 12.1 Å². The van der Waals surface area contributed by atoms with E-state index < -0.39 is 11.5 Å². The average Bonchev–Trinajstić information content (AvgIpc) is 2.60. The Morgan fingerprint density at radius 2 is 1.68 bits per heavy atom. The number of aliphatic hydroxyl groups is 1. The number of amides is 2. The third kappa shape index (κ3) is 5.43. The van der Waals surface area contributed by atoms with E-state index in [0.717, 1.165) is 11.1 Å². The maximum Gasteiger partial charge on any atom is 0.252 e. The first-order valence-corrected chi connectivity index (χ1v) is 8.34. The number of rotatable bonds is 7. The summed E-state index contributed by atoms with van der Waals surface area (Å²) in [4.78, 5) is 24.2. The van der Waals surface area contributed by atoms with Crippen LogP contribution < -0.4 is 10.6 Å². The predicted molar refractivity (Wildman–Crippen MR) is 97.1 cm³/mol. The summed E-state index contributed by atoms with van der Waals surface area (Å²) in [6.07, 6.45) is 0.235. The maximum absolute atomic E-state index is 12.3. The van der Waals surface area contributed by atoms with Crippen molar-refractivity contribution >= 4 is 11.8 Å². The molecule has 0 saturated heterocycles. The Balaban J connectivity index is 1.97. The number of benzene rings is 2. The van der Waals surface area contributed by atoms with Crippen molar-refractivity contribution in [2.75, 3.05) is 6.54 Å². The molecule has 5 nitrogen and oxygen atoms in total. The first-order chi connectivity index (χ1) is 11.9. The van der Waals surface area contributed by atoms with Gasteiger partial charge >= 0.3 is 0 Å². The predicted octanol–water partition coefficient (Wildman–Crippen LogP) is 2.05. The average molecular weight is 340 g/mol. The van der Waals surface area contributed by atoms with Gasteiger partial charge in [0.1, 0.15) is 5.60 Å². The second-order valence-corrected chi connectivity index (χ2v) is 6.18. The summed E-state index contributed by atoms with van der Waals surface area (Å²) < 4.78 is 0. The Kier molecular flexibility index (Phi) is 6.31. The molecule has 0 fully saturated rings. The minimum Gasteiger partial charge on any atom is -0.380 e. The molecular formula is C20H24N2O3. The van der Waals surface area contributed by atoms with E-state index in [4.69, 9.17) is 0 Å². The van der Waals surface area contributed by atoms with Gasteiger partial charge in [-0.15, -0.1) is 0 Å². The van der Waals surface area contributed by atoms with Gasteiger partial charge in [-0.05, 0) is 37.1 Å². The van der Waals surface area contributed by atoms with Gasteiger partial charge in [0.05, 0.1) is 0 Å². The van der Waals surface area contributed by atoms with Gasteiger partial charge in [0.2, 0.25) is 0 Å². The lowest BCUT2D eigenvalue weighted by Gasteiger charge is -2.22. The fourth-order valence-electron chi connectivity index (χ4n) is 2.53. The lowest BCUT2D eigenvalue weighted by Crippen LogP contribution is -2.45. The molecule has 2 amide bonds. The molecule has 132 valence electrons. The first-order valence-electron chi connectivity index (χ1n) is 8.34. The molecule has 0 saturated carbocycles. The topological polar surface area (TPSA) is 78.4 Å². The fraction of sp³-hybridized carbons (Fsp3) is 0.300. The van der Waals surface area contributed by atoms with Crippen LogP contribution in [0.1, 0.15) is 35.3 Å². The van der Waals surface area contributed by atoms with Crippen LogP contribution in [0.3, 0.4) is 0 Å². The molecule has 0 heterocycles. The largest absolute Gasteiger partial charge is 0.380 e. The third-order valence-corrected chi connectivity index (χ3v) is 3.86. The van der Waals surface area contributed by atoms with Gasteiger partial charge in [-0.1, -0.05) is 42.5 Å². The van der Waals surface area contributed by atoms with E-state index in [1.807, 2.05) is 43.3 Å².